The zero-order valence-corrected chi connectivity index (χ0v) is 25.2. The Kier molecular flexibility index (Phi) is 9.10. The number of piperazine rings is 1. The maximum Gasteiger partial charge on any atom is 0.416 e. The number of alkyl halides is 3. The largest absolute Gasteiger partial charge is 0.441 e. The monoisotopic (exact) mass is 620 g/mol. The average molecular weight is 621 g/mol. The third kappa shape index (κ3) is 7.01. The van der Waals surface area contributed by atoms with Gasteiger partial charge in [0.15, 0.2) is 0 Å². The van der Waals surface area contributed by atoms with Crippen LogP contribution in [0, 0.1) is 11.8 Å². The highest BCUT2D eigenvalue weighted by molar-refractivity contribution is 5.82. The van der Waals surface area contributed by atoms with E-state index in [1.807, 2.05) is 14.7 Å². The molecule has 5 fully saturated rings. The molecule has 1 spiro atoms. The van der Waals surface area contributed by atoms with E-state index in [1.54, 1.807) is 0 Å². The van der Waals surface area contributed by atoms with Gasteiger partial charge in [-0.05, 0) is 62.1 Å². The van der Waals surface area contributed by atoms with E-state index in [0.717, 1.165) is 56.2 Å². The Labute approximate surface area is 256 Å². The fourth-order valence-electron chi connectivity index (χ4n) is 7.55. The number of rotatable bonds is 6. The summed E-state index contributed by atoms with van der Waals surface area (Å²) in [6.45, 7) is 6.11. The third-order valence-corrected chi connectivity index (χ3v) is 10.3. The highest BCUT2D eigenvalue weighted by atomic mass is 19.4. The standard InChI is InChI=1S/C32H43F3N4O5/c33-32(34,35)26-9-5-23(6-10-26)20-36-13-11-31(12-14-36)22-39(30(42)44-31)21-24-3-7-25(8-4-24)28(40)37-15-17-38(18-16-37)29(41)27-2-1-19-43-27/h5-6,9-10,24-25,27H,1-4,7-8,11-22H2. The Morgan fingerprint density at radius 1 is 0.864 bits per heavy atom. The Hall–Kier alpha value is -2.86. The number of amides is 3. The molecule has 3 amide bonds. The zero-order chi connectivity index (χ0) is 30.9. The van der Waals surface area contributed by atoms with E-state index in [4.69, 9.17) is 9.47 Å². The second-order valence-corrected chi connectivity index (χ2v) is 13.3. The molecule has 1 unspecified atom stereocenters. The number of hydrogen-bond donors (Lipinski definition) is 0. The SMILES string of the molecule is O=C1OC2(CCN(Cc3ccc(C(F)(F)F)cc3)CC2)CN1CC1CCC(C(=O)N2CCN(C(=O)C3CCCO3)CC2)CC1. The first-order valence-electron chi connectivity index (χ1n) is 16.1. The lowest BCUT2D eigenvalue weighted by atomic mass is 9.81. The van der Waals surface area contributed by atoms with Crippen molar-refractivity contribution >= 4 is 17.9 Å². The number of halogens is 3. The summed E-state index contributed by atoms with van der Waals surface area (Å²) in [6, 6.07) is 5.31. The van der Waals surface area contributed by atoms with Gasteiger partial charge in [-0.3, -0.25) is 14.5 Å². The number of ether oxygens (including phenoxy) is 2. The molecule has 1 aliphatic carbocycles. The predicted octanol–water partition coefficient (Wildman–Crippen LogP) is 4.15. The summed E-state index contributed by atoms with van der Waals surface area (Å²) in [5, 5.41) is 0. The molecular formula is C32H43F3N4O5. The van der Waals surface area contributed by atoms with Gasteiger partial charge in [-0.15, -0.1) is 0 Å². The van der Waals surface area contributed by atoms with Crippen LogP contribution in [-0.4, -0.2) is 108 Å². The van der Waals surface area contributed by atoms with Crippen LogP contribution in [-0.2, 0) is 31.8 Å². The van der Waals surface area contributed by atoms with Crippen LogP contribution in [0.5, 0.6) is 0 Å². The molecule has 6 rings (SSSR count). The molecule has 1 aromatic rings. The molecule has 1 saturated carbocycles. The van der Waals surface area contributed by atoms with E-state index in [1.165, 1.54) is 12.1 Å². The molecule has 4 saturated heterocycles. The molecule has 0 bridgehead atoms. The van der Waals surface area contributed by atoms with Crippen LogP contribution in [0.25, 0.3) is 0 Å². The van der Waals surface area contributed by atoms with Crippen LogP contribution in [0.2, 0.25) is 0 Å². The van der Waals surface area contributed by atoms with E-state index in [0.29, 0.717) is 84.3 Å². The van der Waals surface area contributed by atoms with E-state index < -0.39 is 17.3 Å². The highest BCUT2D eigenvalue weighted by Gasteiger charge is 2.47. The molecule has 242 valence electrons. The fraction of sp³-hybridized carbons (Fsp3) is 0.719. The molecule has 12 heteroatoms. The number of nitrogens with zero attached hydrogens (tertiary/aromatic N) is 4. The number of hydrogen-bond acceptors (Lipinski definition) is 6. The van der Waals surface area contributed by atoms with Crippen LogP contribution in [0.4, 0.5) is 18.0 Å². The van der Waals surface area contributed by atoms with Crippen molar-refractivity contribution in [2.75, 3.05) is 59.0 Å². The maximum atomic E-state index is 13.3. The molecule has 1 aromatic carbocycles. The second kappa shape index (κ2) is 12.9. The Balaban J connectivity index is 0.910. The van der Waals surface area contributed by atoms with Crippen LogP contribution < -0.4 is 0 Å². The van der Waals surface area contributed by atoms with Crippen molar-refractivity contribution < 1.29 is 37.0 Å². The number of benzene rings is 1. The van der Waals surface area contributed by atoms with Crippen molar-refractivity contribution in [3.05, 3.63) is 35.4 Å². The Morgan fingerprint density at radius 2 is 1.50 bits per heavy atom. The minimum absolute atomic E-state index is 0.00229. The van der Waals surface area contributed by atoms with Crippen molar-refractivity contribution in [1.82, 2.24) is 19.6 Å². The lowest BCUT2D eigenvalue weighted by Gasteiger charge is -2.39. The molecular weight excluding hydrogens is 577 g/mol. The van der Waals surface area contributed by atoms with Gasteiger partial charge in [-0.25, -0.2) is 4.79 Å². The minimum Gasteiger partial charge on any atom is -0.441 e. The predicted molar refractivity (Wildman–Crippen MR) is 154 cm³/mol. The van der Waals surface area contributed by atoms with Crippen LogP contribution in [0.3, 0.4) is 0 Å². The first kappa shape index (κ1) is 31.1. The Bertz CT molecular complexity index is 1180. The zero-order valence-electron chi connectivity index (χ0n) is 25.2. The van der Waals surface area contributed by atoms with E-state index in [9.17, 15) is 27.6 Å². The minimum atomic E-state index is -4.34. The summed E-state index contributed by atoms with van der Waals surface area (Å²) in [5.74, 6) is 0.580. The van der Waals surface area contributed by atoms with Crippen molar-refractivity contribution in [3.63, 3.8) is 0 Å². The molecule has 0 aromatic heterocycles. The fourth-order valence-corrected chi connectivity index (χ4v) is 7.55. The van der Waals surface area contributed by atoms with Gasteiger partial charge in [0.2, 0.25) is 5.91 Å². The van der Waals surface area contributed by atoms with Crippen LogP contribution >= 0.6 is 0 Å². The van der Waals surface area contributed by atoms with Crippen LogP contribution in [0.1, 0.15) is 62.5 Å². The van der Waals surface area contributed by atoms with Crippen molar-refractivity contribution in [2.45, 2.75) is 75.8 Å². The smallest absolute Gasteiger partial charge is 0.416 e. The molecule has 5 aliphatic rings. The van der Waals surface area contributed by atoms with Gasteiger partial charge in [0.25, 0.3) is 5.91 Å². The summed E-state index contributed by atoms with van der Waals surface area (Å²) >= 11 is 0. The van der Waals surface area contributed by atoms with Gasteiger partial charge in [0.1, 0.15) is 11.7 Å². The number of piperidine rings is 1. The first-order chi connectivity index (χ1) is 21.1. The molecule has 4 aliphatic heterocycles. The van der Waals surface area contributed by atoms with Crippen molar-refractivity contribution in [1.29, 1.82) is 0 Å². The van der Waals surface area contributed by atoms with E-state index in [2.05, 4.69) is 4.90 Å². The average Bonchev–Trinajstić information content (AvgIpc) is 3.66. The quantitative estimate of drug-likeness (QED) is 0.476. The summed E-state index contributed by atoms with van der Waals surface area (Å²) in [6.07, 6.45) is 1.59. The van der Waals surface area contributed by atoms with Crippen molar-refractivity contribution in [2.24, 2.45) is 11.8 Å². The van der Waals surface area contributed by atoms with Gasteiger partial charge < -0.3 is 24.2 Å². The van der Waals surface area contributed by atoms with Gasteiger partial charge in [0.05, 0.1) is 12.1 Å². The number of likely N-dealkylation sites (tertiary alicyclic amines) is 1. The van der Waals surface area contributed by atoms with Gasteiger partial charge >= 0.3 is 12.3 Å². The van der Waals surface area contributed by atoms with E-state index >= 15 is 0 Å². The van der Waals surface area contributed by atoms with Gasteiger partial charge in [-0.1, -0.05) is 12.1 Å². The van der Waals surface area contributed by atoms with Gasteiger partial charge in [-0.2, -0.15) is 13.2 Å². The Morgan fingerprint density at radius 3 is 2.09 bits per heavy atom. The summed E-state index contributed by atoms with van der Waals surface area (Å²) in [5.41, 5.74) is -0.316. The first-order valence-corrected chi connectivity index (χ1v) is 16.1. The number of carbonyl (C=O) groups is 3. The summed E-state index contributed by atoms with van der Waals surface area (Å²) < 4.78 is 50.1. The molecule has 0 radical (unpaired) electrons. The summed E-state index contributed by atoms with van der Waals surface area (Å²) in [7, 11) is 0. The molecule has 0 N–H and O–H groups in total. The van der Waals surface area contributed by atoms with Crippen molar-refractivity contribution in [3.8, 4) is 0 Å². The topological polar surface area (TPSA) is 82.6 Å². The summed E-state index contributed by atoms with van der Waals surface area (Å²) in [4.78, 5) is 46.5. The number of carbonyl (C=O) groups excluding carboxylic acids is 3. The van der Waals surface area contributed by atoms with E-state index in [-0.39, 0.29) is 29.9 Å². The van der Waals surface area contributed by atoms with Gasteiger partial charge in [0, 0.05) is 77.7 Å². The molecule has 4 heterocycles. The normalized spacial score (nSPS) is 28.0. The van der Waals surface area contributed by atoms with Crippen LogP contribution in [0.15, 0.2) is 24.3 Å². The molecule has 9 nitrogen and oxygen atoms in total. The molecule has 44 heavy (non-hydrogen) atoms. The maximum absolute atomic E-state index is 13.3. The lowest BCUT2D eigenvalue weighted by molar-refractivity contribution is -0.147. The lowest BCUT2D eigenvalue weighted by Crippen LogP contribution is -2.54. The second-order valence-electron chi connectivity index (χ2n) is 13.3. The third-order valence-electron chi connectivity index (χ3n) is 10.3. The highest BCUT2D eigenvalue weighted by Crippen LogP contribution is 2.37. The molecule has 1 atom stereocenters.